The molecule has 1 aromatic heterocycles. The van der Waals surface area contributed by atoms with Crippen LogP contribution in [0, 0.1) is 0 Å². The van der Waals surface area contributed by atoms with Crippen molar-refractivity contribution in [1.82, 2.24) is 4.98 Å². The number of hydrogen-bond donors (Lipinski definition) is 1. The quantitative estimate of drug-likeness (QED) is 0.817. The van der Waals surface area contributed by atoms with E-state index in [1.807, 2.05) is 6.08 Å². The second-order valence-electron chi connectivity index (χ2n) is 5.84. The summed E-state index contributed by atoms with van der Waals surface area (Å²) in [5, 5.41) is 12.9. The molecule has 0 bridgehead atoms. The predicted molar refractivity (Wildman–Crippen MR) is 72.5 cm³/mol. The van der Waals surface area contributed by atoms with Crippen molar-refractivity contribution in [2.75, 3.05) is 0 Å². The van der Waals surface area contributed by atoms with Crippen molar-refractivity contribution in [2.45, 2.75) is 58.0 Å². The Kier molecular flexibility index (Phi) is 3.69. The highest BCUT2D eigenvalue weighted by Gasteiger charge is 2.18. The summed E-state index contributed by atoms with van der Waals surface area (Å²) >= 11 is 1.74. The van der Waals surface area contributed by atoms with Crippen LogP contribution in [0.25, 0.3) is 0 Å². The number of allylic oxidation sites excluding steroid dienone is 1. The van der Waals surface area contributed by atoms with Gasteiger partial charge in [-0.3, -0.25) is 0 Å². The van der Waals surface area contributed by atoms with E-state index in [0.717, 1.165) is 25.7 Å². The molecule has 2 nitrogen and oxygen atoms in total. The Hall–Kier alpha value is -0.670. The first-order valence-electron chi connectivity index (χ1n) is 6.27. The van der Waals surface area contributed by atoms with E-state index in [-0.39, 0.29) is 11.5 Å². The highest BCUT2D eigenvalue weighted by Crippen LogP contribution is 2.27. The van der Waals surface area contributed by atoms with Crippen molar-refractivity contribution >= 4 is 11.3 Å². The molecule has 0 saturated carbocycles. The van der Waals surface area contributed by atoms with Gasteiger partial charge in [0.25, 0.3) is 0 Å². The minimum atomic E-state index is -0.235. The lowest BCUT2D eigenvalue weighted by molar-refractivity contribution is 0.202. The smallest absolute Gasteiger partial charge is 0.0969 e. The third kappa shape index (κ3) is 3.39. The molecular weight excluding hydrogens is 230 g/mol. The van der Waals surface area contributed by atoms with Gasteiger partial charge < -0.3 is 5.11 Å². The van der Waals surface area contributed by atoms with Gasteiger partial charge >= 0.3 is 0 Å². The molecule has 17 heavy (non-hydrogen) atoms. The van der Waals surface area contributed by atoms with E-state index in [4.69, 9.17) is 4.98 Å². The van der Waals surface area contributed by atoms with Gasteiger partial charge in [0, 0.05) is 17.2 Å². The van der Waals surface area contributed by atoms with Crippen LogP contribution in [-0.2, 0) is 11.8 Å². The first-order valence-corrected chi connectivity index (χ1v) is 7.15. The average molecular weight is 251 g/mol. The van der Waals surface area contributed by atoms with Crippen LogP contribution in [0.15, 0.2) is 17.0 Å². The van der Waals surface area contributed by atoms with Crippen molar-refractivity contribution < 1.29 is 5.11 Å². The highest BCUT2D eigenvalue weighted by molar-refractivity contribution is 7.09. The van der Waals surface area contributed by atoms with Gasteiger partial charge in [-0.2, -0.15) is 0 Å². The van der Waals surface area contributed by atoms with Gasteiger partial charge in [0.05, 0.1) is 16.8 Å². The fourth-order valence-corrected chi connectivity index (χ4v) is 3.13. The summed E-state index contributed by atoms with van der Waals surface area (Å²) in [5.74, 6) is 0. The van der Waals surface area contributed by atoms with Gasteiger partial charge in [0.2, 0.25) is 0 Å². The van der Waals surface area contributed by atoms with Crippen LogP contribution < -0.4 is 0 Å². The Morgan fingerprint density at radius 2 is 2.24 bits per heavy atom. The fraction of sp³-hybridized carbons (Fsp3) is 0.643. The van der Waals surface area contributed by atoms with Crippen molar-refractivity contribution in [1.29, 1.82) is 0 Å². The number of thiazole rings is 1. The van der Waals surface area contributed by atoms with Crippen molar-refractivity contribution in [3.8, 4) is 0 Å². The minimum Gasteiger partial charge on any atom is -0.389 e. The van der Waals surface area contributed by atoms with Crippen molar-refractivity contribution in [3.63, 3.8) is 0 Å². The molecule has 0 amide bonds. The molecule has 0 spiro atoms. The molecule has 1 atom stereocenters. The lowest BCUT2D eigenvalue weighted by Gasteiger charge is -2.16. The number of rotatable bonds is 2. The number of nitrogens with zero attached hydrogens (tertiary/aromatic N) is 1. The van der Waals surface area contributed by atoms with E-state index in [1.54, 1.807) is 11.3 Å². The van der Waals surface area contributed by atoms with Crippen LogP contribution in [0.4, 0.5) is 0 Å². The lowest BCUT2D eigenvalue weighted by atomic mass is 9.93. The molecule has 1 aliphatic rings. The van der Waals surface area contributed by atoms with Crippen LogP contribution in [0.5, 0.6) is 0 Å². The van der Waals surface area contributed by atoms with E-state index < -0.39 is 0 Å². The monoisotopic (exact) mass is 251 g/mol. The van der Waals surface area contributed by atoms with E-state index in [2.05, 4.69) is 26.2 Å². The fourth-order valence-electron chi connectivity index (χ4n) is 2.06. The maximum atomic E-state index is 9.60. The standard InChI is InChI=1S/C14H21NOS/c1-14(2,3)12-9-17-13(15-12)8-10-5-4-6-11(16)7-10/h7,9,11,16H,4-6,8H2,1-3H3. The van der Waals surface area contributed by atoms with Crippen LogP contribution in [-0.4, -0.2) is 16.2 Å². The van der Waals surface area contributed by atoms with E-state index >= 15 is 0 Å². The third-order valence-electron chi connectivity index (χ3n) is 3.12. The molecule has 3 heteroatoms. The van der Waals surface area contributed by atoms with Crippen LogP contribution >= 0.6 is 11.3 Å². The SMILES string of the molecule is CC(C)(C)c1csc(CC2=CC(O)CCC2)n1. The molecule has 0 saturated heterocycles. The largest absolute Gasteiger partial charge is 0.389 e. The Balaban J connectivity index is 2.07. The lowest BCUT2D eigenvalue weighted by Crippen LogP contribution is -2.12. The number of aliphatic hydroxyl groups excluding tert-OH is 1. The summed E-state index contributed by atoms with van der Waals surface area (Å²) in [6.45, 7) is 6.57. The molecule has 1 N–H and O–H groups in total. The first kappa shape index (κ1) is 12.8. The molecule has 2 rings (SSSR count). The van der Waals surface area contributed by atoms with Crippen LogP contribution in [0.2, 0.25) is 0 Å². The van der Waals surface area contributed by atoms with Crippen molar-refractivity contribution in [2.24, 2.45) is 0 Å². The minimum absolute atomic E-state index is 0.134. The highest BCUT2D eigenvalue weighted by atomic mass is 32.1. The maximum Gasteiger partial charge on any atom is 0.0969 e. The summed E-state index contributed by atoms with van der Waals surface area (Å²) in [7, 11) is 0. The Morgan fingerprint density at radius 3 is 2.82 bits per heavy atom. The zero-order chi connectivity index (χ0) is 12.5. The Morgan fingerprint density at radius 1 is 1.47 bits per heavy atom. The number of aliphatic hydroxyl groups is 1. The average Bonchev–Trinajstić information content (AvgIpc) is 2.65. The van der Waals surface area contributed by atoms with Gasteiger partial charge in [0.15, 0.2) is 0 Å². The zero-order valence-corrected chi connectivity index (χ0v) is 11.7. The summed E-state index contributed by atoms with van der Waals surface area (Å²) in [4.78, 5) is 4.70. The molecular formula is C14H21NOS. The summed E-state index contributed by atoms with van der Waals surface area (Å²) in [6.07, 6.45) is 5.82. The van der Waals surface area contributed by atoms with Gasteiger partial charge in [0.1, 0.15) is 0 Å². The van der Waals surface area contributed by atoms with E-state index in [0.29, 0.717) is 0 Å². The molecule has 0 aromatic carbocycles. The number of aromatic nitrogens is 1. The van der Waals surface area contributed by atoms with E-state index in [9.17, 15) is 5.11 Å². The van der Waals surface area contributed by atoms with Crippen molar-refractivity contribution in [3.05, 3.63) is 27.7 Å². The van der Waals surface area contributed by atoms with Gasteiger partial charge in [-0.1, -0.05) is 32.4 Å². The summed E-state index contributed by atoms with van der Waals surface area (Å²) in [5.41, 5.74) is 2.66. The topological polar surface area (TPSA) is 33.1 Å². The predicted octanol–water partition coefficient (Wildman–Crippen LogP) is 3.45. The van der Waals surface area contributed by atoms with Gasteiger partial charge in [-0.05, 0) is 19.3 Å². The third-order valence-corrected chi connectivity index (χ3v) is 3.97. The summed E-state index contributed by atoms with van der Waals surface area (Å²) < 4.78 is 0. The second-order valence-corrected chi connectivity index (χ2v) is 6.78. The molecule has 0 radical (unpaired) electrons. The second kappa shape index (κ2) is 4.91. The molecule has 1 aromatic rings. The molecule has 0 aliphatic heterocycles. The summed E-state index contributed by atoms with van der Waals surface area (Å²) in [6, 6.07) is 0. The van der Waals surface area contributed by atoms with Gasteiger partial charge in [-0.15, -0.1) is 11.3 Å². The Labute approximate surface area is 107 Å². The van der Waals surface area contributed by atoms with Crippen LogP contribution in [0.1, 0.15) is 50.7 Å². The zero-order valence-electron chi connectivity index (χ0n) is 10.9. The molecule has 1 unspecified atom stereocenters. The van der Waals surface area contributed by atoms with Gasteiger partial charge in [-0.25, -0.2) is 4.98 Å². The molecule has 94 valence electrons. The normalized spacial score (nSPS) is 21.4. The Bertz CT molecular complexity index is 414. The van der Waals surface area contributed by atoms with Crippen LogP contribution in [0.3, 0.4) is 0 Å². The molecule has 1 aliphatic carbocycles. The maximum absolute atomic E-state index is 9.60. The first-order chi connectivity index (χ1) is 7.95. The number of hydrogen-bond acceptors (Lipinski definition) is 3. The molecule has 0 fully saturated rings. The molecule has 1 heterocycles. The van der Waals surface area contributed by atoms with E-state index in [1.165, 1.54) is 16.3 Å².